The Labute approximate surface area is 174 Å². The van der Waals surface area contributed by atoms with E-state index in [9.17, 15) is 13.2 Å². The fraction of sp³-hybridized carbons (Fsp3) is 0.444. The fourth-order valence-corrected chi connectivity index (χ4v) is 2.54. The van der Waals surface area contributed by atoms with Gasteiger partial charge in [0.15, 0.2) is 5.96 Å². The smallest absolute Gasteiger partial charge is 0.356 e. The molecule has 1 heterocycles. The summed E-state index contributed by atoms with van der Waals surface area (Å²) in [6, 6.07) is 7.37. The Kier molecular flexibility index (Phi) is 9.61. The van der Waals surface area contributed by atoms with Gasteiger partial charge in [0.05, 0.1) is 12.1 Å². The zero-order chi connectivity index (χ0) is 19.0. The highest BCUT2D eigenvalue weighted by Gasteiger charge is 2.30. The molecule has 27 heavy (non-hydrogen) atoms. The van der Waals surface area contributed by atoms with E-state index in [1.807, 2.05) is 23.9 Å². The Morgan fingerprint density at radius 1 is 1.22 bits per heavy atom. The molecule has 0 fully saturated rings. The largest absolute Gasteiger partial charge is 0.416 e. The summed E-state index contributed by atoms with van der Waals surface area (Å²) in [6.45, 7) is 3.92. The molecule has 9 heteroatoms. The Balaban J connectivity index is 0.00000364. The van der Waals surface area contributed by atoms with Crippen LogP contribution in [0.2, 0.25) is 0 Å². The number of hydrogen-bond donors (Lipinski definition) is 2. The number of halogens is 4. The highest BCUT2D eigenvalue weighted by atomic mass is 127. The average molecular weight is 495 g/mol. The molecule has 0 bridgehead atoms. The highest BCUT2D eigenvalue weighted by molar-refractivity contribution is 14.0. The summed E-state index contributed by atoms with van der Waals surface area (Å²) in [5.74, 6) is 0.667. The van der Waals surface area contributed by atoms with E-state index in [1.165, 1.54) is 12.1 Å². The number of rotatable bonds is 7. The van der Waals surface area contributed by atoms with Crippen LogP contribution in [0.3, 0.4) is 0 Å². The highest BCUT2D eigenvalue weighted by Crippen LogP contribution is 2.31. The molecule has 1 aromatic heterocycles. The maximum atomic E-state index is 12.8. The topological polar surface area (TPSA) is 54.2 Å². The lowest BCUT2D eigenvalue weighted by Crippen LogP contribution is -2.39. The van der Waals surface area contributed by atoms with Crippen LogP contribution in [-0.2, 0) is 12.7 Å². The molecule has 0 aliphatic heterocycles. The molecule has 1 aromatic carbocycles. The van der Waals surface area contributed by atoms with E-state index >= 15 is 0 Å². The van der Waals surface area contributed by atoms with Crippen LogP contribution >= 0.6 is 24.0 Å². The van der Waals surface area contributed by atoms with Gasteiger partial charge in [-0.1, -0.05) is 25.1 Å². The van der Waals surface area contributed by atoms with Crippen molar-refractivity contribution in [1.29, 1.82) is 0 Å². The third-order valence-electron chi connectivity index (χ3n) is 4.07. The second-order valence-electron chi connectivity index (χ2n) is 6.01. The summed E-state index contributed by atoms with van der Waals surface area (Å²) >= 11 is 0. The predicted molar refractivity (Wildman–Crippen MR) is 111 cm³/mol. The van der Waals surface area contributed by atoms with Gasteiger partial charge < -0.3 is 10.6 Å². The summed E-state index contributed by atoms with van der Waals surface area (Å²) in [6.07, 6.45) is -0.00740. The number of nitrogens with zero attached hydrogens (tertiary/aromatic N) is 3. The Hall–Kier alpha value is -1.78. The van der Waals surface area contributed by atoms with Crippen molar-refractivity contribution < 1.29 is 13.2 Å². The van der Waals surface area contributed by atoms with E-state index in [0.29, 0.717) is 37.6 Å². The van der Waals surface area contributed by atoms with Crippen molar-refractivity contribution in [2.24, 2.45) is 4.99 Å². The first kappa shape index (κ1) is 23.3. The maximum absolute atomic E-state index is 12.8. The molecule has 2 rings (SSSR count). The third kappa shape index (κ3) is 7.77. The number of guanidine groups is 1. The number of nitrogens with one attached hydrogen (secondary N) is 2. The lowest BCUT2D eigenvalue weighted by Gasteiger charge is -2.16. The van der Waals surface area contributed by atoms with Gasteiger partial charge in [0.2, 0.25) is 0 Å². The average Bonchev–Trinajstić information content (AvgIpc) is 3.13. The monoisotopic (exact) mass is 495 g/mol. The van der Waals surface area contributed by atoms with Gasteiger partial charge in [-0.2, -0.15) is 18.3 Å². The van der Waals surface area contributed by atoms with Gasteiger partial charge in [0.25, 0.3) is 0 Å². The summed E-state index contributed by atoms with van der Waals surface area (Å²) in [5.41, 5.74) is 0.0779. The molecule has 1 atom stereocenters. The summed E-state index contributed by atoms with van der Waals surface area (Å²) in [4.78, 5) is 4.14. The van der Waals surface area contributed by atoms with E-state index in [2.05, 4.69) is 20.7 Å². The SMILES string of the molecule is CN=C(NCCC(C)c1cccc(C(F)(F)F)c1)NCCn1cccn1.I. The van der Waals surface area contributed by atoms with Gasteiger partial charge in [0.1, 0.15) is 0 Å². The lowest BCUT2D eigenvalue weighted by molar-refractivity contribution is -0.137. The van der Waals surface area contributed by atoms with Crippen LogP contribution in [-0.4, -0.2) is 35.9 Å². The second kappa shape index (κ2) is 11.2. The van der Waals surface area contributed by atoms with Gasteiger partial charge in [-0.25, -0.2) is 0 Å². The first-order valence-corrected chi connectivity index (χ1v) is 8.49. The quantitative estimate of drug-likeness (QED) is 0.349. The molecule has 150 valence electrons. The molecule has 0 radical (unpaired) electrons. The number of benzene rings is 1. The standard InChI is InChI=1S/C18H24F3N5.HI/c1-14(15-5-3-6-16(13-15)18(19,20)21)7-9-23-17(22-2)24-10-12-26-11-4-8-25-26;/h3-6,8,11,13-14H,7,9-10,12H2,1-2H3,(H2,22,23,24);1H. The molecule has 2 N–H and O–H groups in total. The molecule has 0 amide bonds. The number of hydrogen-bond acceptors (Lipinski definition) is 2. The van der Waals surface area contributed by atoms with Crippen molar-refractivity contribution in [2.75, 3.05) is 20.1 Å². The van der Waals surface area contributed by atoms with Crippen molar-refractivity contribution in [2.45, 2.75) is 32.0 Å². The molecule has 5 nitrogen and oxygen atoms in total. The zero-order valence-corrected chi connectivity index (χ0v) is 17.7. The van der Waals surface area contributed by atoms with Crippen LogP contribution < -0.4 is 10.6 Å². The van der Waals surface area contributed by atoms with Crippen molar-refractivity contribution in [3.05, 3.63) is 53.9 Å². The zero-order valence-electron chi connectivity index (χ0n) is 15.3. The van der Waals surface area contributed by atoms with Crippen LogP contribution in [0.25, 0.3) is 0 Å². The van der Waals surface area contributed by atoms with E-state index in [0.717, 1.165) is 6.07 Å². The Morgan fingerprint density at radius 3 is 2.59 bits per heavy atom. The molecule has 0 spiro atoms. The van der Waals surface area contributed by atoms with Crippen LogP contribution in [0, 0.1) is 0 Å². The van der Waals surface area contributed by atoms with E-state index < -0.39 is 11.7 Å². The first-order valence-electron chi connectivity index (χ1n) is 8.49. The van der Waals surface area contributed by atoms with Crippen LogP contribution in [0.1, 0.15) is 30.4 Å². The van der Waals surface area contributed by atoms with Crippen molar-refractivity contribution in [3.63, 3.8) is 0 Å². The van der Waals surface area contributed by atoms with Gasteiger partial charge in [-0.15, -0.1) is 24.0 Å². The van der Waals surface area contributed by atoms with Gasteiger partial charge >= 0.3 is 6.18 Å². The normalized spacial score (nSPS) is 13.0. The summed E-state index contributed by atoms with van der Waals surface area (Å²) in [7, 11) is 1.68. The number of aromatic nitrogens is 2. The number of alkyl halides is 3. The fourth-order valence-electron chi connectivity index (χ4n) is 2.54. The van der Waals surface area contributed by atoms with E-state index in [-0.39, 0.29) is 29.9 Å². The molecular formula is C18H25F3IN5. The predicted octanol–water partition coefficient (Wildman–Crippen LogP) is 3.88. The van der Waals surface area contributed by atoms with E-state index in [4.69, 9.17) is 0 Å². The maximum Gasteiger partial charge on any atom is 0.416 e. The summed E-state index contributed by atoms with van der Waals surface area (Å²) < 4.78 is 40.3. The molecule has 0 aliphatic carbocycles. The summed E-state index contributed by atoms with van der Waals surface area (Å²) in [5, 5.41) is 10.5. The van der Waals surface area contributed by atoms with Gasteiger partial charge in [0, 0.05) is 32.5 Å². The molecule has 0 saturated carbocycles. The third-order valence-corrected chi connectivity index (χ3v) is 4.07. The number of aliphatic imine (C=N–C) groups is 1. The van der Waals surface area contributed by atoms with E-state index in [1.54, 1.807) is 19.3 Å². The van der Waals surface area contributed by atoms with Crippen LogP contribution in [0.15, 0.2) is 47.7 Å². The van der Waals surface area contributed by atoms with Crippen LogP contribution in [0.4, 0.5) is 13.2 Å². The van der Waals surface area contributed by atoms with Crippen molar-refractivity contribution >= 4 is 29.9 Å². The van der Waals surface area contributed by atoms with Crippen molar-refractivity contribution in [1.82, 2.24) is 20.4 Å². The minimum Gasteiger partial charge on any atom is -0.356 e. The van der Waals surface area contributed by atoms with Crippen LogP contribution in [0.5, 0.6) is 0 Å². The second-order valence-corrected chi connectivity index (χ2v) is 6.01. The minimum atomic E-state index is -4.31. The minimum absolute atomic E-state index is 0. The van der Waals surface area contributed by atoms with Crippen molar-refractivity contribution in [3.8, 4) is 0 Å². The molecular weight excluding hydrogens is 470 g/mol. The molecule has 0 saturated heterocycles. The van der Waals surface area contributed by atoms with Gasteiger partial charge in [-0.05, 0) is 30.0 Å². The molecule has 0 aliphatic rings. The first-order chi connectivity index (χ1) is 12.4. The Morgan fingerprint density at radius 2 is 1.96 bits per heavy atom. The molecule has 1 unspecified atom stereocenters. The Bertz CT molecular complexity index is 701. The van der Waals surface area contributed by atoms with Gasteiger partial charge in [-0.3, -0.25) is 9.67 Å². The molecule has 2 aromatic rings. The lowest BCUT2D eigenvalue weighted by atomic mass is 9.96.